The van der Waals surface area contributed by atoms with E-state index in [4.69, 9.17) is 9.84 Å². The van der Waals surface area contributed by atoms with Crippen LogP contribution in [0, 0.1) is 0 Å². The Morgan fingerprint density at radius 3 is 3.17 bits per heavy atom. The predicted octanol–water partition coefficient (Wildman–Crippen LogP) is 1.06. The fourth-order valence-electron chi connectivity index (χ4n) is 1.13. The van der Waals surface area contributed by atoms with Crippen LogP contribution in [0.15, 0.2) is 4.99 Å². The summed E-state index contributed by atoms with van der Waals surface area (Å²) < 4.78 is 5.19. The van der Waals surface area contributed by atoms with Gasteiger partial charge in [0.2, 0.25) is 0 Å². The molecule has 1 atom stereocenters. The van der Waals surface area contributed by atoms with E-state index >= 15 is 0 Å². The topological polar surface area (TPSA) is 58.9 Å². The molecule has 68 valence electrons. The van der Waals surface area contributed by atoms with Crippen molar-refractivity contribution in [1.82, 2.24) is 0 Å². The Morgan fingerprint density at radius 1 is 1.83 bits per heavy atom. The minimum atomic E-state index is -0.815. The van der Waals surface area contributed by atoms with Gasteiger partial charge in [0.25, 0.3) is 0 Å². The van der Waals surface area contributed by atoms with Gasteiger partial charge in [-0.1, -0.05) is 6.92 Å². The van der Waals surface area contributed by atoms with Gasteiger partial charge in [-0.2, -0.15) is 0 Å². The number of ether oxygens (including phenoxy) is 1. The summed E-state index contributed by atoms with van der Waals surface area (Å²) in [5.41, 5.74) is 0. The average molecular weight is 171 g/mol. The van der Waals surface area contributed by atoms with Crippen LogP contribution < -0.4 is 0 Å². The van der Waals surface area contributed by atoms with E-state index in [2.05, 4.69) is 4.99 Å². The molecule has 0 amide bonds. The molecule has 0 fully saturated rings. The SMILES string of the molecule is CCCC1=NC(CC(=O)O)CO1. The largest absolute Gasteiger partial charge is 0.481 e. The highest BCUT2D eigenvalue weighted by Gasteiger charge is 2.20. The molecule has 0 radical (unpaired) electrons. The lowest BCUT2D eigenvalue weighted by molar-refractivity contribution is -0.137. The number of nitrogens with zero attached hydrogens (tertiary/aromatic N) is 1. The number of hydrogen-bond donors (Lipinski definition) is 1. The number of aliphatic imine (C=N–C) groups is 1. The van der Waals surface area contributed by atoms with Crippen LogP contribution in [0.4, 0.5) is 0 Å². The van der Waals surface area contributed by atoms with Gasteiger partial charge in [0, 0.05) is 6.42 Å². The molecule has 1 aliphatic rings. The van der Waals surface area contributed by atoms with Gasteiger partial charge in [0.15, 0.2) is 5.90 Å². The first-order chi connectivity index (χ1) is 5.72. The zero-order valence-corrected chi connectivity index (χ0v) is 7.12. The number of carboxylic acids is 1. The Bertz CT molecular complexity index is 200. The maximum absolute atomic E-state index is 10.3. The van der Waals surface area contributed by atoms with E-state index in [1.807, 2.05) is 6.92 Å². The van der Waals surface area contributed by atoms with Gasteiger partial charge < -0.3 is 9.84 Å². The normalized spacial score (nSPS) is 21.8. The molecule has 0 spiro atoms. The fourth-order valence-corrected chi connectivity index (χ4v) is 1.13. The quantitative estimate of drug-likeness (QED) is 0.688. The Morgan fingerprint density at radius 2 is 2.58 bits per heavy atom. The second-order valence-corrected chi connectivity index (χ2v) is 2.84. The molecule has 1 N–H and O–H groups in total. The van der Waals surface area contributed by atoms with Crippen LogP contribution in [0.5, 0.6) is 0 Å². The fraction of sp³-hybridized carbons (Fsp3) is 0.750. The van der Waals surface area contributed by atoms with Crippen molar-refractivity contribution in [2.75, 3.05) is 6.61 Å². The van der Waals surface area contributed by atoms with Crippen molar-refractivity contribution in [3.63, 3.8) is 0 Å². The Balaban J connectivity index is 2.36. The maximum Gasteiger partial charge on any atom is 0.305 e. The van der Waals surface area contributed by atoms with E-state index in [0.717, 1.165) is 12.8 Å². The number of rotatable bonds is 4. The van der Waals surface area contributed by atoms with E-state index in [9.17, 15) is 4.79 Å². The molecule has 0 aliphatic carbocycles. The van der Waals surface area contributed by atoms with Crippen LogP contribution in [0.1, 0.15) is 26.2 Å². The molecule has 1 unspecified atom stereocenters. The van der Waals surface area contributed by atoms with Gasteiger partial charge in [-0.25, -0.2) is 4.99 Å². The molecule has 0 bridgehead atoms. The second kappa shape index (κ2) is 4.09. The van der Waals surface area contributed by atoms with Crippen LogP contribution in [0.25, 0.3) is 0 Å². The number of aliphatic carboxylic acids is 1. The molecule has 4 heteroatoms. The van der Waals surface area contributed by atoms with Crippen LogP contribution in [0.3, 0.4) is 0 Å². The molecule has 1 rings (SSSR count). The zero-order valence-electron chi connectivity index (χ0n) is 7.12. The first-order valence-corrected chi connectivity index (χ1v) is 4.13. The van der Waals surface area contributed by atoms with Crippen LogP contribution >= 0.6 is 0 Å². The first-order valence-electron chi connectivity index (χ1n) is 4.13. The van der Waals surface area contributed by atoms with Gasteiger partial charge in [-0.05, 0) is 6.42 Å². The molecule has 0 aromatic heterocycles. The van der Waals surface area contributed by atoms with Crippen LogP contribution in [-0.2, 0) is 9.53 Å². The van der Waals surface area contributed by atoms with E-state index < -0.39 is 5.97 Å². The second-order valence-electron chi connectivity index (χ2n) is 2.84. The first kappa shape index (κ1) is 9.03. The van der Waals surface area contributed by atoms with Crippen molar-refractivity contribution in [2.24, 2.45) is 4.99 Å². The smallest absolute Gasteiger partial charge is 0.305 e. The van der Waals surface area contributed by atoms with Crippen LogP contribution in [0.2, 0.25) is 0 Å². The van der Waals surface area contributed by atoms with E-state index in [1.54, 1.807) is 0 Å². The summed E-state index contributed by atoms with van der Waals surface area (Å²) in [5.74, 6) is -0.103. The molecule has 0 saturated heterocycles. The summed E-state index contributed by atoms with van der Waals surface area (Å²) in [5, 5.41) is 8.47. The molecular formula is C8H13NO3. The summed E-state index contributed by atoms with van der Waals surface area (Å²) in [6, 6.07) is -0.163. The third kappa shape index (κ3) is 2.53. The number of carboxylic acid groups (broad SMARTS) is 1. The highest BCUT2D eigenvalue weighted by molar-refractivity contribution is 5.78. The number of carbonyl (C=O) groups is 1. The third-order valence-electron chi connectivity index (χ3n) is 1.64. The summed E-state index contributed by atoms with van der Waals surface area (Å²) in [4.78, 5) is 14.4. The molecule has 1 aliphatic heterocycles. The van der Waals surface area contributed by atoms with Gasteiger partial charge in [-0.15, -0.1) is 0 Å². The average Bonchev–Trinajstić information content (AvgIpc) is 2.36. The van der Waals surface area contributed by atoms with Gasteiger partial charge in [0.05, 0.1) is 12.5 Å². The summed E-state index contributed by atoms with van der Waals surface area (Å²) in [6.45, 7) is 2.47. The van der Waals surface area contributed by atoms with Crippen molar-refractivity contribution in [2.45, 2.75) is 32.2 Å². The monoisotopic (exact) mass is 171 g/mol. The highest BCUT2D eigenvalue weighted by atomic mass is 16.5. The molecule has 0 saturated carbocycles. The molecule has 4 nitrogen and oxygen atoms in total. The lowest BCUT2D eigenvalue weighted by Gasteiger charge is -1.98. The van der Waals surface area contributed by atoms with E-state index in [-0.39, 0.29) is 12.5 Å². The van der Waals surface area contributed by atoms with Crippen molar-refractivity contribution in [1.29, 1.82) is 0 Å². The number of hydrogen-bond acceptors (Lipinski definition) is 3. The highest BCUT2D eigenvalue weighted by Crippen LogP contribution is 2.11. The summed E-state index contributed by atoms with van der Waals surface area (Å²) in [7, 11) is 0. The Labute approximate surface area is 71.3 Å². The van der Waals surface area contributed by atoms with Crippen molar-refractivity contribution in [3.8, 4) is 0 Å². The standard InChI is InChI=1S/C8H13NO3/c1-2-3-7-9-6(5-12-7)4-8(10)11/h6H,2-5H2,1H3,(H,10,11). The van der Waals surface area contributed by atoms with Gasteiger partial charge in [0.1, 0.15) is 6.61 Å². The van der Waals surface area contributed by atoms with Crippen molar-refractivity contribution < 1.29 is 14.6 Å². The predicted molar refractivity (Wildman–Crippen MR) is 44.3 cm³/mol. The van der Waals surface area contributed by atoms with Crippen molar-refractivity contribution in [3.05, 3.63) is 0 Å². The van der Waals surface area contributed by atoms with E-state index in [0.29, 0.717) is 12.5 Å². The minimum absolute atomic E-state index is 0.0766. The van der Waals surface area contributed by atoms with Gasteiger partial charge in [-0.3, -0.25) is 4.79 Å². The Hall–Kier alpha value is -1.06. The van der Waals surface area contributed by atoms with Gasteiger partial charge >= 0.3 is 5.97 Å². The molecule has 0 aromatic carbocycles. The third-order valence-corrected chi connectivity index (χ3v) is 1.64. The molecular weight excluding hydrogens is 158 g/mol. The van der Waals surface area contributed by atoms with Crippen molar-refractivity contribution >= 4 is 11.9 Å². The van der Waals surface area contributed by atoms with E-state index in [1.165, 1.54) is 0 Å². The summed E-state index contributed by atoms with van der Waals surface area (Å²) in [6.07, 6.45) is 1.88. The summed E-state index contributed by atoms with van der Waals surface area (Å²) >= 11 is 0. The van der Waals surface area contributed by atoms with Crippen LogP contribution in [-0.4, -0.2) is 29.6 Å². The molecule has 1 heterocycles. The lowest BCUT2D eigenvalue weighted by Crippen LogP contribution is -2.12. The lowest BCUT2D eigenvalue weighted by atomic mass is 10.2. The Kier molecular flexibility index (Phi) is 3.08. The molecule has 12 heavy (non-hydrogen) atoms. The minimum Gasteiger partial charge on any atom is -0.481 e. The maximum atomic E-state index is 10.3. The molecule has 0 aromatic rings. The zero-order chi connectivity index (χ0) is 8.97.